The molecule has 6 nitrogen and oxygen atoms in total. The summed E-state index contributed by atoms with van der Waals surface area (Å²) in [4.78, 5) is 16.7. The number of amides is 1. The van der Waals surface area contributed by atoms with Crippen LogP contribution in [0.1, 0.15) is 56.1 Å². The molecule has 0 bridgehead atoms. The summed E-state index contributed by atoms with van der Waals surface area (Å²) in [5, 5.41) is 9.65. The van der Waals surface area contributed by atoms with Crippen molar-refractivity contribution in [2.75, 3.05) is 33.2 Å². The minimum atomic E-state index is -0.198. The van der Waals surface area contributed by atoms with Crippen LogP contribution in [0.2, 0.25) is 0 Å². The van der Waals surface area contributed by atoms with Gasteiger partial charge in [-0.05, 0) is 92.0 Å². The topological polar surface area (TPSA) is 65.0 Å². The fourth-order valence-corrected chi connectivity index (χ4v) is 8.19. The second-order valence-electron chi connectivity index (χ2n) is 11.5. The Kier molecular flexibility index (Phi) is 4.47. The largest absolute Gasteiger partial charge is 0.415 e. The van der Waals surface area contributed by atoms with Gasteiger partial charge in [-0.1, -0.05) is 13.0 Å². The number of carbonyl (C=O) groups excluding carboxylic acids is 1. The van der Waals surface area contributed by atoms with Gasteiger partial charge in [0.05, 0.1) is 0 Å². The average molecular weight is 426 g/mol. The number of hydrogen-bond acceptors (Lipinski definition) is 5. The quantitative estimate of drug-likeness (QED) is 0.709. The smallest absolute Gasteiger partial charge is 0.410 e. The van der Waals surface area contributed by atoms with Gasteiger partial charge in [0.25, 0.3) is 0 Å². The lowest BCUT2D eigenvalue weighted by Crippen LogP contribution is -2.72. The Morgan fingerprint density at radius 2 is 1.97 bits per heavy atom. The lowest BCUT2D eigenvalue weighted by atomic mass is 9.55. The van der Waals surface area contributed by atoms with Gasteiger partial charge in [-0.15, -0.1) is 0 Å². The van der Waals surface area contributed by atoms with E-state index >= 15 is 0 Å². The highest BCUT2D eigenvalue weighted by Gasteiger charge is 2.55. The van der Waals surface area contributed by atoms with Crippen LogP contribution in [0, 0.1) is 22.7 Å². The van der Waals surface area contributed by atoms with Gasteiger partial charge in [-0.25, -0.2) is 10.3 Å². The molecule has 1 aromatic rings. The van der Waals surface area contributed by atoms with Crippen LogP contribution in [-0.2, 0) is 6.42 Å². The van der Waals surface area contributed by atoms with Gasteiger partial charge in [0, 0.05) is 37.6 Å². The number of carbonyl (C=O) groups is 1. The minimum absolute atomic E-state index is 0.198. The van der Waals surface area contributed by atoms with E-state index in [0.29, 0.717) is 28.9 Å². The molecule has 2 saturated heterocycles. The van der Waals surface area contributed by atoms with Crippen LogP contribution < -0.4 is 10.2 Å². The van der Waals surface area contributed by atoms with Crippen LogP contribution >= 0.6 is 0 Å². The minimum Gasteiger partial charge on any atom is -0.410 e. The van der Waals surface area contributed by atoms with E-state index in [0.717, 1.165) is 39.0 Å². The van der Waals surface area contributed by atoms with Crippen molar-refractivity contribution in [1.29, 1.82) is 0 Å². The van der Waals surface area contributed by atoms with Crippen LogP contribution in [0.4, 0.5) is 4.79 Å². The molecule has 2 saturated carbocycles. The maximum absolute atomic E-state index is 12.6. The van der Waals surface area contributed by atoms with Crippen molar-refractivity contribution < 1.29 is 14.7 Å². The maximum atomic E-state index is 12.6. The summed E-state index contributed by atoms with van der Waals surface area (Å²) < 4.78 is 5.76. The van der Waals surface area contributed by atoms with E-state index in [2.05, 4.69) is 36.5 Å². The van der Waals surface area contributed by atoms with Crippen molar-refractivity contribution in [2.24, 2.45) is 22.7 Å². The Morgan fingerprint density at radius 3 is 2.71 bits per heavy atom. The van der Waals surface area contributed by atoms with E-state index in [-0.39, 0.29) is 17.6 Å². The fourth-order valence-electron chi connectivity index (χ4n) is 8.19. The fraction of sp³-hybridized carbons (Fsp3) is 0.720. The highest BCUT2D eigenvalue weighted by atomic mass is 16.6. The van der Waals surface area contributed by atoms with Gasteiger partial charge in [-0.2, -0.15) is 0 Å². The molecule has 2 N–H and O–H groups in total. The molecular formula is C25H35N3O3. The van der Waals surface area contributed by atoms with Gasteiger partial charge in [0.15, 0.2) is 0 Å². The maximum Gasteiger partial charge on any atom is 0.415 e. The number of hydrogen-bond donors (Lipinski definition) is 2. The number of ether oxygens (including phenoxy) is 1. The summed E-state index contributed by atoms with van der Waals surface area (Å²) in [6, 6.07) is 6.60. The van der Waals surface area contributed by atoms with Crippen molar-refractivity contribution in [1.82, 2.24) is 15.3 Å². The first-order chi connectivity index (χ1) is 14.9. The van der Waals surface area contributed by atoms with Gasteiger partial charge in [0.2, 0.25) is 0 Å². The summed E-state index contributed by atoms with van der Waals surface area (Å²) in [6.45, 7) is 6.22. The standard InChI is InChI=1S/C25H35N3O3/c1-24-10-9-19-18-6-4-17(31-23(29)28-14-25(15-28)12-27(2)13-25)11-16(18)3-5-20(19)21(24)7-8-22(24)26-30/h4,6,11,19-22,26,30H,3,5,7-10,12-15H2,1-2H3. The number of likely N-dealkylation sites (tertiary alicyclic amines) is 2. The van der Waals surface area contributed by atoms with Gasteiger partial charge in [0.1, 0.15) is 5.75 Å². The summed E-state index contributed by atoms with van der Waals surface area (Å²) >= 11 is 0. The van der Waals surface area contributed by atoms with Crippen LogP contribution in [0.5, 0.6) is 5.75 Å². The predicted octanol–water partition coefficient (Wildman–Crippen LogP) is 3.64. The normalized spacial score (nSPS) is 38.0. The molecule has 0 aromatic heterocycles. The van der Waals surface area contributed by atoms with Crippen LogP contribution in [0.3, 0.4) is 0 Å². The highest BCUT2D eigenvalue weighted by molar-refractivity contribution is 5.72. The Balaban J connectivity index is 1.14. The first-order valence-corrected chi connectivity index (χ1v) is 12.1. The van der Waals surface area contributed by atoms with Crippen LogP contribution in [-0.4, -0.2) is 60.4 Å². The van der Waals surface area contributed by atoms with E-state index in [1.165, 1.54) is 36.8 Å². The average Bonchev–Trinajstić information content (AvgIpc) is 3.05. The number of benzene rings is 1. The zero-order valence-corrected chi connectivity index (χ0v) is 18.8. The Labute approximate surface area is 184 Å². The molecule has 5 unspecified atom stereocenters. The Hall–Kier alpha value is -1.63. The zero-order chi connectivity index (χ0) is 21.4. The van der Waals surface area contributed by atoms with E-state index in [4.69, 9.17) is 4.74 Å². The first kappa shape index (κ1) is 20.0. The molecule has 2 heterocycles. The molecule has 31 heavy (non-hydrogen) atoms. The molecule has 6 heteroatoms. The molecule has 2 aliphatic heterocycles. The van der Waals surface area contributed by atoms with E-state index in [1.807, 2.05) is 11.0 Å². The monoisotopic (exact) mass is 425 g/mol. The first-order valence-electron chi connectivity index (χ1n) is 12.1. The number of nitrogens with one attached hydrogen (secondary N) is 1. The molecule has 5 atom stereocenters. The third kappa shape index (κ3) is 2.98. The van der Waals surface area contributed by atoms with Crippen molar-refractivity contribution in [3.63, 3.8) is 0 Å². The van der Waals surface area contributed by atoms with Crippen molar-refractivity contribution in [3.05, 3.63) is 29.3 Å². The van der Waals surface area contributed by atoms with Crippen molar-refractivity contribution in [3.8, 4) is 5.75 Å². The van der Waals surface area contributed by atoms with E-state index in [9.17, 15) is 10.0 Å². The highest BCUT2D eigenvalue weighted by Crippen LogP contribution is 2.60. The Morgan fingerprint density at radius 1 is 1.16 bits per heavy atom. The molecular weight excluding hydrogens is 390 g/mol. The molecule has 1 amide bonds. The Bertz CT molecular complexity index is 890. The summed E-state index contributed by atoms with van der Waals surface area (Å²) in [6.07, 6.45) is 6.71. The van der Waals surface area contributed by atoms with Crippen molar-refractivity contribution in [2.45, 2.75) is 57.4 Å². The predicted molar refractivity (Wildman–Crippen MR) is 117 cm³/mol. The van der Waals surface area contributed by atoms with Crippen molar-refractivity contribution >= 4 is 6.09 Å². The van der Waals surface area contributed by atoms with E-state index in [1.54, 1.807) is 0 Å². The van der Waals surface area contributed by atoms with Gasteiger partial charge < -0.3 is 19.7 Å². The SMILES string of the molecule is CN1CC2(C1)CN(C(=O)Oc1ccc3c(c1)CCC1C3CCC3(C)C(NO)CCC13)C2. The number of hydroxylamine groups is 1. The summed E-state index contributed by atoms with van der Waals surface area (Å²) in [7, 11) is 2.13. The lowest BCUT2D eigenvalue weighted by molar-refractivity contribution is -0.0891. The second-order valence-corrected chi connectivity index (χ2v) is 11.5. The molecule has 5 aliphatic rings. The molecule has 1 aromatic carbocycles. The molecule has 168 valence electrons. The number of rotatable bonds is 2. The van der Waals surface area contributed by atoms with Gasteiger partial charge in [-0.3, -0.25) is 0 Å². The third-order valence-electron chi connectivity index (χ3n) is 9.58. The molecule has 3 aliphatic carbocycles. The van der Waals surface area contributed by atoms with E-state index < -0.39 is 0 Å². The summed E-state index contributed by atoms with van der Waals surface area (Å²) in [5.41, 5.74) is 6.01. The molecule has 0 radical (unpaired) electrons. The van der Waals surface area contributed by atoms with Gasteiger partial charge >= 0.3 is 6.09 Å². The van der Waals surface area contributed by atoms with Crippen LogP contribution in [0.15, 0.2) is 18.2 Å². The zero-order valence-electron chi connectivity index (χ0n) is 18.8. The molecule has 4 fully saturated rings. The third-order valence-corrected chi connectivity index (χ3v) is 9.58. The molecule has 1 spiro atoms. The number of fused-ring (bicyclic) bond motifs is 5. The second kappa shape index (κ2) is 6.93. The lowest BCUT2D eigenvalue weighted by Gasteiger charge is -2.58. The van der Waals surface area contributed by atoms with Crippen LogP contribution in [0.25, 0.3) is 0 Å². The molecule has 6 rings (SSSR count). The summed E-state index contributed by atoms with van der Waals surface area (Å²) in [5.74, 6) is 2.69. The number of nitrogens with zero attached hydrogens (tertiary/aromatic N) is 2. The number of aryl methyl sites for hydroxylation is 1.